The topological polar surface area (TPSA) is 23.6 Å². The maximum Gasteiger partial charge on any atom is 0.258 e. The molecule has 1 saturated heterocycles. The van der Waals surface area contributed by atoms with Gasteiger partial charge in [0.05, 0.1) is 11.9 Å². The lowest BCUT2D eigenvalue weighted by Gasteiger charge is -2.40. The van der Waals surface area contributed by atoms with Crippen molar-refractivity contribution in [1.82, 2.24) is 9.80 Å². The lowest BCUT2D eigenvalue weighted by molar-refractivity contribution is -0.137. The molecule has 1 amide bonds. The zero-order chi connectivity index (χ0) is 17.6. The van der Waals surface area contributed by atoms with Crippen LogP contribution < -0.4 is 0 Å². The number of carbonyl (C=O) groups excluding carboxylic acids is 1. The molecule has 132 valence electrons. The molecule has 0 radical (unpaired) electrons. The van der Waals surface area contributed by atoms with E-state index in [9.17, 15) is 9.18 Å². The van der Waals surface area contributed by atoms with Gasteiger partial charge in [0.15, 0.2) is 6.17 Å². The standard InChI is InChI=1S/C20H22ClFN2O/c21-15-18(22)20(25)24-13-11-23(12-14-24)19(16-7-3-1-4-8-16)17-9-5-2-6-10-17/h1-10,18-19H,11-15H2/t18-/m1/s1. The van der Waals surface area contributed by atoms with Gasteiger partial charge in [0.25, 0.3) is 5.91 Å². The zero-order valence-corrected chi connectivity index (χ0v) is 14.8. The maximum absolute atomic E-state index is 13.6. The number of hydrogen-bond acceptors (Lipinski definition) is 2. The predicted molar refractivity (Wildman–Crippen MR) is 98.5 cm³/mol. The molecule has 0 aromatic heterocycles. The average Bonchev–Trinajstić information content (AvgIpc) is 2.69. The van der Waals surface area contributed by atoms with E-state index < -0.39 is 12.1 Å². The van der Waals surface area contributed by atoms with E-state index in [2.05, 4.69) is 29.2 Å². The fourth-order valence-electron chi connectivity index (χ4n) is 3.35. The number of hydrogen-bond donors (Lipinski definition) is 0. The molecule has 0 unspecified atom stereocenters. The molecule has 0 saturated carbocycles. The third-order valence-electron chi connectivity index (χ3n) is 4.63. The molecule has 1 heterocycles. The van der Waals surface area contributed by atoms with Gasteiger partial charge in [-0.1, -0.05) is 60.7 Å². The van der Waals surface area contributed by atoms with Gasteiger partial charge in [-0.25, -0.2) is 4.39 Å². The number of amides is 1. The number of piperazine rings is 1. The Labute approximate surface area is 153 Å². The molecule has 1 atom stereocenters. The molecular weight excluding hydrogens is 339 g/mol. The van der Waals surface area contributed by atoms with Gasteiger partial charge < -0.3 is 4.90 Å². The normalized spacial score (nSPS) is 16.8. The summed E-state index contributed by atoms with van der Waals surface area (Å²) in [6, 6.07) is 20.8. The Balaban J connectivity index is 1.77. The van der Waals surface area contributed by atoms with E-state index in [4.69, 9.17) is 11.6 Å². The van der Waals surface area contributed by atoms with Crippen molar-refractivity contribution < 1.29 is 9.18 Å². The predicted octanol–water partition coefficient (Wildman–Crippen LogP) is 3.50. The van der Waals surface area contributed by atoms with Crippen LogP contribution in [0.2, 0.25) is 0 Å². The summed E-state index contributed by atoms with van der Waals surface area (Å²) in [5.74, 6) is -0.777. The van der Waals surface area contributed by atoms with Crippen LogP contribution in [0, 0.1) is 0 Å². The SMILES string of the molecule is O=C([C@H](F)CCl)N1CCN(C(c2ccccc2)c2ccccc2)CC1. The fourth-order valence-corrected chi connectivity index (χ4v) is 3.48. The number of rotatable bonds is 5. The monoisotopic (exact) mass is 360 g/mol. The van der Waals surface area contributed by atoms with Crippen molar-refractivity contribution in [3.63, 3.8) is 0 Å². The van der Waals surface area contributed by atoms with E-state index in [1.807, 2.05) is 36.4 Å². The van der Waals surface area contributed by atoms with Crippen LogP contribution in [-0.4, -0.2) is 53.9 Å². The third-order valence-corrected chi connectivity index (χ3v) is 4.90. The van der Waals surface area contributed by atoms with Crippen LogP contribution in [0.3, 0.4) is 0 Å². The smallest absolute Gasteiger partial charge is 0.258 e. The summed E-state index contributed by atoms with van der Waals surface area (Å²) >= 11 is 5.47. The molecule has 5 heteroatoms. The lowest BCUT2D eigenvalue weighted by Crippen LogP contribution is -2.52. The molecule has 0 spiro atoms. The molecule has 0 aliphatic carbocycles. The lowest BCUT2D eigenvalue weighted by atomic mass is 9.96. The molecule has 1 fully saturated rings. The van der Waals surface area contributed by atoms with E-state index >= 15 is 0 Å². The first-order valence-corrected chi connectivity index (χ1v) is 9.07. The van der Waals surface area contributed by atoms with Gasteiger partial charge >= 0.3 is 0 Å². The Morgan fingerprint density at radius 3 is 1.84 bits per heavy atom. The zero-order valence-electron chi connectivity index (χ0n) is 14.0. The molecule has 2 aromatic carbocycles. The summed E-state index contributed by atoms with van der Waals surface area (Å²) in [7, 11) is 0. The van der Waals surface area contributed by atoms with Crippen molar-refractivity contribution in [2.75, 3.05) is 32.1 Å². The second kappa shape index (κ2) is 8.45. The molecule has 3 rings (SSSR count). The van der Waals surface area contributed by atoms with Crippen molar-refractivity contribution in [3.8, 4) is 0 Å². The number of halogens is 2. The van der Waals surface area contributed by atoms with Crippen LogP contribution in [0.1, 0.15) is 17.2 Å². The van der Waals surface area contributed by atoms with Gasteiger partial charge in [0.1, 0.15) is 0 Å². The van der Waals surface area contributed by atoms with E-state index in [0.717, 1.165) is 0 Å². The Hall–Kier alpha value is -1.91. The molecule has 3 nitrogen and oxygen atoms in total. The maximum atomic E-state index is 13.6. The first-order valence-electron chi connectivity index (χ1n) is 8.53. The van der Waals surface area contributed by atoms with Gasteiger partial charge in [-0.05, 0) is 11.1 Å². The highest BCUT2D eigenvalue weighted by molar-refractivity contribution is 6.19. The minimum atomic E-state index is -1.60. The number of carbonyl (C=O) groups is 1. The summed E-state index contributed by atoms with van der Waals surface area (Å²) in [4.78, 5) is 15.9. The Bertz CT molecular complexity index is 635. The van der Waals surface area contributed by atoms with Crippen LogP contribution in [0.4, 0.5) is 4.39 Å². The van der Waals surface area contributed by atoms with Crippen molar-refractivity contribution in [2.45, 2.75) is 12.2 Å². The third kappa shape index (κ3) is 4.20. The molecule has 0 N–H and O–H groups in total. The first kappa shape index (κ1) is 17.9. The highest BCUT2D eigenvalue weighted by Crippen LogP contribution is 2.29. The van der Waals surface area contributed by atoms with Gasteiger partial charge in [-0.15, -0.1) is 11.6 Å². The number of alkyl halides is 2. The molecule has 0 bridgehead atoms. The minimum Gasteiger partial charge on any atom is -0.338 e. The quantitative estimate of drug-likeness (QED) is 0.762. The first-order chi connectivity index (χ1) is 12.2. The van der Waals surface area contributed by atoms with Crippen LogP contribution >= 0.6 is 11.6 Å². The molecule has 1 aliphatic heterocycles. The van der Waals surface area contributed by atoms with Gasteiger partial charge in [-0.3, -0.25) is 9.69 Å². The van der Waals surface area contributed by atoms with E-state index in [1.54, 1.807) is 4.90 Å². The largest absolute Gasteiger partial charge is 0.338 e. The number of nitrogens with zero attached hydrogens (tertiary/aromatic N) is 2. The summed E-state index contributed by atoms with van der Waals surface area (Å²) in [5.41, 5.74) is 2.44. The van der Waals surface area contributed by atoms with Crippen molar-refractivity contribution in [2.24, 2.45) is 0 Å². The summed E-state index contributed by atoms with van der Waals surface area (Å²) < 4.78 is 13.6. The van der Waals surface area contributed by atoms with Crippen LogP contribution in [0.5, 0.6) is 0 Å². The highest BCUT2D eigenvalue weighted by atomic mass is 35.5. The molecule has 1 aliphatic rings. The van der Waals surface area contributed by atoms with Gasteiger partial charge in [0.2, 0.25) is 0 Å². The van der Waals surface area contributed by atoms with E-state index in [-0.39, 0.29) is 11.9 Å². The Morgan fingerprint density at radius 2 is 1.40 bits per heavy atom. The second-order valence-corrected chi connectivity index (χ2v) is 6.52. The van der Waals surface area contributed by atoms with Gasteiger partial charge in [-0.2, -0.15) is 0 Å². The molecule has 2 aromatic rings. The fraction of sp³-hybridized carbons (Fsp3) is 0.350. The van der Waals surface area contributed by atoms with Crippen LogP contribution in [0.15, 0.2) is 60.7 Å². The van der Waals surface area contributed by atoms with E-state index in [0.29, 0.717) is 26.2 Å². The summed E-state index contributed by atoms with van der Waals surface area (Å²) in [6.07, 6.45) is -1.60. The van der Waals surface area contributed by atoms with Gasteiger partial charge in [0, 0.05) is 26.2 Å². The molecule has 25 heavy (non-hydrogen) atoms. The van der Waals surface area contributed by atoms with Crippen molar-refractivity contribution in [3.05, 3.63) is 71.8 Å². The van der Waals surface area contributed by atoms with E-state index in [1.165, 1.54) is 11.1 Å². The second-order valence-electron chi connectivity index (χ2n) is 6.21. The average molecular weight is 361 g/mol. The van der Waals surface area contributed by atoms with Crippen LogP contribution in [0.25, 0.3) is 0 Å². The van der Waals surface area contributed by atoms with Crippen molar-refractivity contribution in [1.29, 1.82) is 0 Å². The number of benzene rings is 2. The summed E-state index contributed by atoms with van der Waals surface area (Å²) in [5, 5.41) is 0. The van der Waals surface area contributed by atoms with Crippen LogP contribution in [-0.2, 0) is 4.79 Å². The Kier molecular flexibility index (Phi) is 6.05. The highest BCUT2D eigenvalue weighted by Gasteiger charge is 2.30. The molecular formula is C20H22ClFN2O. The Morgan fingerprint density at radius 1 is 0.920 bits per heavy atom. The van der Waals surface area contributed by atoms with Crippen molar-refractivity contribution >= 4 is 17.5 Å². The minimum absolute atomic E-state index is 0.133. The summed E-state index contributed by atoms with van der Waals surface area (Å²) in [6.45, 7) is 2.45.